The van der Waals surface area contributed by atoms with Crippen molar-refractivity contribution in [3.8, 4) is 0 Å². The van der Waals surface area contributed by atoms with Crippen LogP contribution in [0.4, 0.5) is 13.2 Å². The van der Waals surface area contributed by atoms with Gasteiger partial charge in [-0.3, -0.25) is 4.68 Å². The Kier molecular flexibility index (Phi) is 3.39. The molecule has 0 unspecified atom stereocenters. The Hall–Kier alpha value is -1.79. The van der Waals surface area contributed by atoms with E-state index in [0.29, 0.717) is 11.7 Å². The first kappa shape index (κ1) is 14.6. The summed E-state index contributed by atoms with van der Waals surface area (Å²) >= 11 is 0. The Morgan fingerprint density at radius 1 is 1.25 bits per heavy atom. The first-order valence-electron chi connectivity index (χ1n) is 6.17. The zero-order valence-electron chi connectivity index (χ0n) is 11.7. The maximum Gasteiger partial charge on any atom is 0.435 e. The molecule has 2 aromatic rings. The van der Waals surface area contributed by atoms with Gasteiger partial charge in [0.25, 0.3) is 0 Å². The van der Waals surface area contributed by atoms with Crippen LogP contribution in [0.3, 0.4) is 0 Å². The average molecular weight is 287 g/mol. The molecule has 0 saturated carbocycles. The summed E-state index contributed by atoms with van der Waals surface area (Å²) in [6.07, 6.45) is -1.58. The smallest absolute Gasteiger partial charge is 0.435 e. The van der Waals surface area contributed by atoms with E-state index < -0.39 is 17.9 Å². The van der Waals surface area contributed by atoms with Gasteiger partial charge in [-0.05, 0) is 13.0 Å². The molecule has 0 aliphatic carbocycles. The number of rotatable bonds is 2. The highest BCUT2D eigenvalue weighted by Gasteiger charge is 2.34. The number of aromatic nitrogens is 3. The van der Waals surface area contributed by atoms with Crippen LogP contribution in [-0.2, 0) is 11.6 Å². The molecule has 0 aliphatic rings. The van der Waals surface area contributed by atoms with Crippen LogP contribution in [0, 0.1) is 0 Å². The summed E-state index contributed by atoms with van der Waals surface area (Å²) in [5.74, 6) is 1.02. The minimum absolute atomic E-state index is 0.202. The number of hydrogen-bond donors (Lipinski definition) is 0. The molecule has 4 nitrogen and oxygen atoms in total. The second kappa shape index (κ2) is 4.64. The zero-order chi connectivity index (χ0) is 15.1. The summed E-state index contributed by atoms with van der Waals surface area (Å²) in [5.41, 5.74) is -1.13. The lowest BCUT2D eigenvalue weighted by Crippen LogP contribution is -2.12. The first-order valence-corrected chi connectivity index (χ1v) is 6.17. The Bertz CT molecular complexity index is 540. The standard InChI is InChI=1S/C13H16F3N3O/c1-8(11-17-7-10(20-11)12(2,3)4)19-6-5-9(18-19)13(14,15)16/h5-8H,1-4H3/t8-/m1/s1. The summed E-state index contributed by atoms with van der Waals surface area (Å²) in [6, 6.07) is 0.437. The molecular formula is C13H16F3N3O. The van der Waals surface area contributed by atoms with Gasteiger partial charge in [-0.2, -0.15) is 18.3 Å². The fourth-order valence-corrected chi connectivity index (χ4v) is 1.65. The number of halogens is 3. The van der Waals surface area contributed by atoms with E-state index >= 15 is 0 Å². The van der Waals surface area contributed by atoms with Crippen LogP contribution in [-0.4, -0.2) is 14.8 Å². The molecule has 1 atom stereocenters. The van der Waals surface area contributed by atoms with Gasteiger partial charge in [0, 0.05) is 11.6 Å². The number of alkyl halides is 3. The van der Waals surface area contributed by atoms with E-state index in [1.807, 2.05) is 20.8 Å². The lowest BCUT2D eigenvalue weighted by atomic mass is 9.94. The number of nitrogens with zero attached hydrogens (tertiary/aromatic N) is 3. The second-order valence-corrected chi connectivity index (χ2v) is 5.67. The van der Waals surface area contributed by atoms with E-state index in [9.17, 15) is 13.2 Å². The lowest BCUT2D eigenvalue weighted by molar-refractivity contribution is -0.141. The van der Waals surface area contributed by atoms with E-state index in [-0.39, 0.29) is 5.41 Å². The quantitative estimate of drug-likeness (QED) is 0.844. The Morgan fingerprint density at radius 3 is 2.35 bits per heavy atom. The molecule has 0 aliphatic heterocycles. The third-order valence-corrected chi connectivity index (χ3v) is 2.92. The third-order valence-electron chi connectivity index (χ3n) is 2.92. The van der Waals surface area contributed by atoms with Gasteiger partial charge in [-0.25, -0.2) is 4.98 Å². The predicted octanol–water partition coefficient (Wildman–Crippen LogP) is 3.80. The largest absolute Gasteiger partial charge is 0.443 e. The van der Waals surface area contributed by atoms with Crippen molar-refractivity contribution in [2.45, 2.75) is 45.3 Å². The Balaban J connectivity index is 2.25. The Morgan fingerprint density at radius 2 is 1.90 bits per heavy atom. The molecule has 0 amide bonds. The molecule has 0 bridgehead atoms. The van der Waals surface area contributed by atoms with Crippen molar-refractivity contribution < 1.29 is 17.6 Å². The van der Waals surface area contributed by atoms with E-state index in [2.05, 4.69) is 10.1 Å². The number of hydrogen-bond acceptors (Lipinski definition) is 3. The van der Waals surface area contributed by atoms with Crippen LogP contribution in [0.25, 0.3) is 0 Å². The van der Waals surface area contributed by atoms with Crippen LogP contribution in [0.2, 0.25) is 0 Å². The highest BCUT2D eigenvalue weighted by molar-refractivity contribution is 5.09. The van der Waals surface area contributed by atoms with Gasteiger partial charge in [-0.1, -0.05) is 20.8 Å². The highest BCUT2D eigenvalue weighted by Crippen LogP contribution is 2.29. The fraction of sp³-hybridized carbons (Fsp3) is 0.538. The molecule has 2 heterocycles. The molecule has 2 rings (SSSR count). The second-order valence-electron chi connectivity index (χ2n) is 5.67. The van der Waals surface area contributed by atoms with Crippen LogP contribution in [0.15, 0.2) is 22.9 Å². The number of oxazole rings is 1. The van der Waals surface area contributed by atoms with E-state index in [1.54, 1.807) is 13.1 Å². The molecule has 110 valence electrons. The van der Waals surface area contributed by atoms with Gasteiger partial charge in [0.2, 0.25) is 5.89 Å². The van der Waals surface area contributed by atoms with E-state index in [4.69, 9.17) is 4.42 Å². The minimum Gasteiger partial charge on any atom is -0.443 e. The zero-order valence-corrected chi connectivity index (χ0v) is 11.7. The van der Waals surface area contributed by atoms with Gasteiger partial charge in [0.05, 0.1) is 6.20 Å². The summed E-state index contributed by atoms with van der Waals surface area (Å²) in [5, 5.41) is 3.52. The van der Waals surface area contributed by atoms with Crippen LogP contribution in [0.1, 0.15) is 51.1 Å². The monoisotopic (exact) mass is 287 g/mol. The van der Waals surface area contributed by atoms with Crippen molar-refractivity contribution >= 4 is 0 Å². The molecule has 7 heteroatoms. The molecule has 0 radical (unpaired) electrons. The molecule has 0 fully saturated rings. The van der Waals surface area contributed by atoms with Crippen LogP contribution in [0.5, 0.6) is 0 Å². The third kappa shape index (κ3) is 2.86. The molecule has 0 spiro atoms. The van der Waals surface area contributed by atoms with Gasteiger partial charge in [0.1, 0.15) is 11.8 Å². The maximum absolute atomic E-state index is 12.5. The molecule has 0 aromatic carbocycles. The molecule has 0 saturated heterocycles. The summed E-state index contributed by atoms with van der Waals surface area (Å²) in [7, 11) is 0. The molecule has 2 aromatic heterocycles. The van der Waals surface area contributed by atoms with Crippen molar-refractivity contribution in [3.63, 3.8) is 0 Å². The average Bonchev–Trinajstić information content (AvgIpc) is 2.96. The van der Waals surface area contributed by atoms with Gasteiger partial charge >= 0.3 is 6.18 Å². The van der Waals surface area contributed by atoms with Crippen molar-refractivity contribution in [3.05, 3.63) is 35.8 Å². The maximum atomic E-state index is 12.5. The normalized spacial score (nSPS) is 14.6. The van der Waals surface area contributed by atoms with Gasteiger partial charge < -0.3 is 4.42 Å². The van der Waals surface area contributed by atoms with Crippen molar-refractivity contribution in [1.29, 1.82) is 0 Å². The molecule has 20 heavy (non-hydrogen) atoms. The summed E-state index contributed by atoms with van der Waals surface area (Å²) in [6.45, 7) is 7.60. The SMILES string of the molecule is C[C@H](c1ncc(C(C)(C)C)o1)n1ccc(C(F)(F)F)n1. The van der Waals surface area contributed by atoms with E-state index in [1.165, 1.54) is 10.9 Å². The van der Waals surface area contributed by atoms with Crippen LogP contribution < -0.4 is 0 Å². The summed E-state index contributed by atoms with van der Waals surface area (Å²) in [4.78, 5) is 4.12. The van der Waals surface area contributed by atoms with E-state index in [0.717, 1.165) is 6.07 Å². The van der Waals surface area contributed by atoms with Crippen molar-refractivity contribution in [2.75, 3.05) is 0 Å². The van der Waals surface area contributed by atoms with Gasteiger partial charge in [0.15, 0.2) is 5.69 Å². The minimum atomic E-state index is -4.45. The van der Waals surface area contributed by atoms with Crippen molar-refractivity contribution in [2.24, 2.45) is 0 Å². The summed E-state index contributed by atoms with van der Waals surface area (Å²) < 4.78 is 44.3. The van der Waals surface area contributed by atoms with Crippen molar-refractivity contribution in [1.82, 2.24) is 14.8 Å². The molecular weight excluding hydrogens is 271 g/mol. The molecule has 0 N–H and O–H groups in total. The lowest BCUT2D eigenvalue weighted by Gasteiger charge is -2.14. The van der Waals surface area contributed by atoms with Gasteiger partial charge in [-0.15, -0.1) is 0 Å². The fourth-order valence-electron chi connectivity index (χ4n) is 1.65. The Labute approximate surface area is 114 Å². The highest BCUT2D eigenvalue weighted by atomic mass is 19.4. The topological polar surface area (TPSA) is 43.9 Å². The predicted molar refractivity (Wildman–Crippen MR) is 66.2 cm³/mol. The first-order chi connectivity index (χ1) is 9.09. The van der Waals surface area contributed by atoms with Crippen LogP contribution >= 0.6 is 0 Å².